The Labute approximate surface area is 217 Å². The van der Waals surface area contributed by atoms with Crippen molar-refractivity contribution in [2.45, 2.75) is 25.6 Å². The van der Waals surface area contributed by atoms with Crippen LogP contribution in [-0.2, 0) is 16.1 Å². The van der Waals surface area contributed by atoms with Gasteiger partial charge in [-0.2, -0.15) is 4.98 Å². The molecule has 0 radical (unpaired) electrons. The molecule has 2 aromatic rings. The zero-order valence-electron chi connectivity index (χ0n) is 20.3. The molecule has 0 aliphatic carbocycles. The number of halogens is 2. The lowest BCUT2D eigenvalue weighted by molar-refractivity contribution is -0.119. The molecule has 2 atom stereocenters. The fraction of sp³-hybridized carbons (Fsp3) is 0.455. The van der Waals surface area contributed by atoms with Crippen LogP contribution in [0.25, 0.3) is 0 Å². The number of nitrogens with zero attached hydrogens (tertiary/aromatic N) is 4. The van der Waals surface area contributed by atoms with Crippen molar-refractivity contribution in [3.63, 3.8) is 0 Å². The van der Waals surface area contributed by atoms with E-state index in [0.717, 1.165) is 0 Å². The summed E-state index contributed by atoms with van der Waals surface area (Å²) >= 11 is 13.3. The van der Waals surface area contributed by atoms with Gasteiger partial charge in [-0.15, -0.1) is 0 Å². The molecule has 0 spiro atoms. The lowest BCUT2D eigenvalue weighted by Gasteiger charge is -2.35. The van der Waals surface area contributed by atoms with Crippen LogP contribution >= 0.6 is 23.2 Å². The van der Waals surface area contributed by atoms with Crippen LogP contribution in [-0.4, -0.2) is 75.6 Å². The number of aromatic nitrogens is 2. The molecule has 2 unspecified atom stereocenters. The summed E-state index contributed by atoms with van der Waals surface area (Å²) in [6.45, 7) is 2.30. The van der Waals surface area contributed by atoms with Gasteiger partial charge in [0, 0.05) is 25.7 Å². The number of urea groups is 1. The van der Waals surface area contributed by atoms with E-state index >= 15 is 0 Å². The first-order valence-corrected chi connectivity index (χ1v) is 11.7. The van der Waals surface area contributed by atoms with Gasteiger partial charge in [0.05, 0.1) is 58.9 Å². The Morgan fingerprint density at radius 3 is 2.28 bits per heavy atom. The molecule has 12 nitrogen and oxygen atoms in total. The Morgan fingerprint density at radius 2 is 1.69 bits per heavy atom. The van der Waals surface area contributed by atoms with Crippen molar-refractivity contribution in [2.75, 3.05) is 56.7 Å². The molecule has 0 bridgehead atoms. The number of hydrogen-bond donors (Lipinski definition) is 2. The van der Waals surface area contributed by atoms with Crippen LogP contribution in [0.1, 0.15) is 12.5 Å². The Kier molecular flexibility index (Phi) is 7.48. The van der Waals surface area contributed by atoms with Gasteiger partial charge in [0.2, 0.25) is 17.6 Å². The number of hydrogen-bond acceptors (Lipinski definition) is 9. The number of fused-ring (bicyclic) bond motifs is 1. The molecule has 2 aliphatic rings. The maximum Gasteiger partial charge on any atom is 0.330 e. The number of anilines is 3. The third kappa shape index (κ3) is 4.51. The van der Waals surface area contributed by atoms with Crippen molar-refractivity contribution in [3.05, 3.63) is 21.8 Å². The van der Waals surface area contributed by atoms with Crippen LogP contribution in [0.2, 0.25) is 10.0 Å². The van der Waals surface area contributed by atoms with Crippen LogP contribution in [0.15, 0.2) is 6.20 Å². The number of carbonyl (C=O) groups is 2. The maximum atomic E-state index is 13.4. The summed E-state index contributed by atoms with van der Waals surface area (Å²) in [7, 11) is 5.87. The highest BCUT2D eigenvalue weighted by molar-refractivity contribution is 6.42. The van der Waals surface area contributed by atoms with Gasteiger partial charge in [-0.05, 0) is 0 Å². The van der Waals surface area contributed by atoms with Gasteiger partial charge < -0.3 is 29.6 Å². The number of methoxy groups -OCH3 is 3. The third-order valence-electron chi connectivity index (χ3n) is 5.90. The molecule has 3 heterocycles. The first-order valence-electron chi connectivity index (χ1n) is 10.9. The fourth-order valence-electron chi connectivity index (χ4n) is 4.22. The second kappa shape index (κ2) is 10.4. The largest absolute Gasteiger partial charge is 0.491 e. The monoisotopic (exact) mass is 540 g/mol. The summed E-state index contributed by atoms with van der Waals surface area (Å²) in [6.07, 6.45) is 1.61. The van der Waals surface area contributed by atoms with Crippen molar-refractivity contribution < 1.29 is 28.5 Å². The molecule has 4 rings (SSSR count). The van der Waals surface area contributed by atoms with Gasteiger partial charge in [-0.25, -0.2) is 9.78 Å². The maximum absolute atomic E-state index is 13.4. The topological polar surface area (TPSA) is 127 Å². The number of rotatable bonds is 7. The molecule has 3 amide bonds. The molecule has 14 heteroatoms. The predicted octanol–water partition coefficient (Wildman–Crippen LogP) is 2.70. The van der Waals surface area contributed by atoms with Gasteiger partial charge in [-0.3, -0.25) is 14.6 Å². The molecule has 1 aromatic carbocycles. The highest BCUT2D eigenvalue weighted by Gasteiger charge is 2.37. The second-order valence-corrected chi connectivity index (χ2v) is 8.90. The number of ether oxygens (including phenoxy) is 4. The highest BCUT2D eigenvalue weighted by Crippen LogP contribution is 2.54. The first kappa shape index (κ1) is 25.9. The number of amides is 3. The predicted molar refractivity (Wildman–Crippen MR) is 134 cm³/mol. The number of benzene rings is 1. The van der Waals surface area contributed by atoms with Crippen LogP contribution in [0.5, 0.6) is 17.2 Å². The average molecular weight is 541 g/mol. The van der Waals surface area contributed by atoms with E-state index in [0.29, 0.717) is 30.5 Å². The molecule has 194 valence electrons. The zero-order chi connectivity index (χ0) is 26.1. The van der Waals surface area contributed by atoms with E-state index in [9.17, 15) is 9.59 Å². The van der Waals surface area contributed by atoms with E-state index in [4.69, 9.17) is 42.1 Å². The second-order valence-electron chi connectivity index (χ2n) is 8.14. The van der Waals surface area contributed by atoms with Crippen molar-refractivity contribution in [1.29, 1.82) is 0 Å². The average Bonchev–Trinajstić information content (AvgIpc) is 3.27. The summed E-state index contributed by atoms with van der Waals surface area (Å²) in [5, 5.41) is 6.21. The van der Waals surface area contributed by atoms with Crippen LogP contribution < -0.4 is 34.6 Å². The summed E-state index contributed by atoms with van der Waals surface area (Å²) in [4.78, 5) is 36.6. The standard InChI is InChI=1S/C22H26Cl2N6O6/c1-10(31)26-12-8-36-9-13(12)27-21-25-6-11-7-30(22(32)29(2)20(11)28-21)16-14(23)17(33-3)19(35-5)18(34-4)15(16)24/h6,12-13H,7-9H2,1-5H3,(H,26,31)(H,25,27,28). The summed E-state index contributed by atoms with van der Waals surface area (Å²) in [6, 6.07) is -0.864. The van der Waals surface area contributed by atoms with Crippen molar-refractivity contribution >= 4 is 52.6 Å². The molecular weight excluding hydrogens is 515 g/mol. The van der Waals surface area contributed by atoms with Gasteiger partial charge in [0.25, 0.3) is 0 Å². The van der Waals surface area contributed by atoms with Crippen LogP contribution in [0.3, 0.4) is 0 Å². The van der Waals surface area contributed by atoms with Crippen LogP contribution in [0.4, 0.5) is 22.2 Å². The summed E-state index contributed by atoms with van der Waals surface area (Å²) < 4.78 is 21.7. The molecule has 1 aromatic heterocycles. The van der Waals surface area contributed by atoms with Gasteiger partial charge in [0.1, 0.15) is 15.9 Å². The van der Waals surface area contributed by atoms with E-state index in [1.54, 1.807) is 13.2 Å². The van der Waals surface area contributed by atoms with Crippen LogP contribution in [0, 0.1) is 0 Å². The number of nitrogens with one attached hydrogen (secondary N) is 2. The molecule has 2 N–H and O–H groups in total. The SMILES string of the molecule is COc1c(Cl)c(N2Cc3cnc(NC4COCC4NC(C)=O)nc3N(C)C2=O)c(Cl)c(OC)c1OC. The molecule has 1 saturated heterocycles. The lowest BCUT2D eigenvalue weighted by atomic mass is 10.1. The lowest BCUT2D eigenvalue weighted by Crippen LogP contribution is -2.47. The minimum Gasteiger partial charge on any atom is -0.491 e. The van der Waals surface area contributed by atoms with Gasteiger partial charge in [-0.1, -0.05) is 23.2 Å². The van der Waals surface area contributed by atoms with E-state index in [-0.39, 0.29) is 57.5 Å². The minimum absolute atomic E-state index is 0.0924. The minimum atomic E-state index is -0.425. The Morgan fingerprint density at radius 1 is 1.08 bits per heavy atom. The fourth-order valence-corrected chi connectivity index (χ4v) is 4.99. The van der Waals surface area contributed by atoms with E-state index in [1.807, 2.05) is 0 Å². The van der Waals surface area contributed by atoms with Crippen molar-refractivity contribution in [3.8, 4) is 17.2 Å². The zero-order valence-corrected chi connectivity index (χ0v) is 21.9. The molecular formula is C22H26Cl2N6O6. The van der Waals surface area contributed by atoms with E-state index in [1.165, 1.54) is 38.1 Å². The molecule has 2 aliphatic heterocycles. The van der Waals surface area contributed by atoms with Crippen molar-refractivity contribution in [1.82, 2.24) is 15.3 Å². The summed E-state index contributed by atoms with van der Waals surface area (Å²) in [5.74, 6) is 1.14. The Balaban J connectivity index is 1.67. The Hall–Kier alpha value is -3.22. The molecule has 0 saturated carbocycles. The van der Waals surface area contributed by atoms with E-state index in [2.05, 4.69) is 20.6 Å². The van der Waals surface area contributed by atoms with Gasteiger partial charge in [0.15, 0.2) is 11.5 Å². The van der Waals surface area contributed by atoms with Crippen molar-refractivity contribution in [2.24, 2.45) is 0 Å². The normalized spacial score (nSPS) is 19.1. The van der Waals surface area contributed by atoms with E-state index < -0.39 is 6.03 Å². The number of carbonyl (C=O) groups excluding carboxylic acids is 2. The Bertz CT molecular complexity index is 1170. The quantitative estimate of drug-likeness (QED) is 0.544. The molecule has 36 heavy (non-hydrogen) atoms. The first-order chi connectivity index (χ1) is 17.2. The molecule has 1 fully saturated rings. The highest BCUT2D eigenvalue weighted by atomic mass is 35.5. The van der Waals surface area contributed by atoms with Gasteiger partial charge >= 0.3 is 6.03 Å². The smallest absolute Gasteiger partial charge is 0.330 e. The summed E-state index contributed by atoms with van der Waals surface area (Å²) in [5.41, 5.74) is 0.864. The third-order valence-corrected chi connectivity index (χ3v) is 6.60.